The second kappa shape index (κ2) is 10.5. The summed E-state index contributed by atoms with van der Waals surface area (Å²) >= 11 is 1.09. The van der Waals surface area contributed by atoms with Crippen molar-refractivity contribution < 1.29 is 14.3 Å². The first-order chi connectivity index (χ1) is 14.6. The van der Waals surface area contributed by atoms with E-state index in [2.05, 4.69) is 20.6 Å². The van der Waals surface area contributed by atoms with Crippen molar-refractivity contribution in [1.29, 1.82) is 0 Å². The van der Waals surface area contributed by atoms with Crippen molar-refractivity contribution in [2.24, 2.45) is 0 Å². The summed E-state index contributed by atoms with van der Waals surface area (Å²) in [6, 6.07) is 10.1. The Morgan fingerprint density at radius 2 is 2.03 bits per heavy atom. The number of nitrogens with one attached hydrogen (secondary N) is 2. The molecule has 0 aliphatic rings. The molecule has 0 atom stereocenters. The summed E-state index contributed by atoms with van der Waals surface area (Å²) in [4.78, 5) is 45.5. The van der Waals surface area contributed by atoms with Crippen LogP contribution in [0.4, 0.5) is 4.79 Å². The molecule has 0 saturated carbocycles. The SMILES string of the molecule is COCCNC(=O)NC(=O)CSc1nc2ccccc2c(=O)n1Cc1cccnc1. The number of methoxy groups -OCH3 is 1. The fourth-order valence-corrected chi connectivity index (χ4v) is 3.47. The van der Waals surface area contributed by atoms with E-state index in [1.54, 1.807) is 42.7 Å². The number of urea groups is 1. The summed E-state index contributed by atoms with van der Waals surface area (Å²) in [6.07, 6.45) is 3.33. The molecule has 1 aromatic carbocycles. The van der Waals surface area contributed by atoms with Gasteiger partial charge >= 0.3 is 6.03 Å². The molecule has 3 amide bonds. The monoisotopic (exact) mass is 427 g/mol. The molecule has 30 heavy (non-hydrogen) atoms. The van der Waals surface area contributed by atoms with E-state index in [-0.39, 0.29) is 17.9 Å². The molecule has 0 spiro atoms. The quantitative estimate of drug-likeness (QED) is 0.317. The third-order valence-corrected chi connectivity index (χ3v) is 5.04. The Morgan fingerprint density at radius 1 is 1.20 bits per heavy atom. The Hall–Kier alpha value is -3.24. The lowest BCUT2D eigenvalue weighted by molar-refractivity contribution is -0.117. The van der Waals surface area contributed by atoms with E-state index in [9.17, 15) is 14.4 Å². The molecule has 0 fully saturated rings. The number of rotatable bonds is 8. The van der Waals surface area contributed by atoms with E-state index in [1.807, 2.05) is 6.07 Å². The Kier molecular flexibility index (Phi) is 7.52. The van der Waals surface area contributed by atoms with Crippen molar-refractivity contribution in [3.8, 4) is 0 Å². The van der Waals surface area contributed by atoms with Gasteiger partial charge in [0.05, 0.1) is 29.8 Å². The average Bonchev–Trinajstić information content (AvgIpc) is 2.75. The molecule has 9 nitrogen and oxygen atoms in total. The van der Waals surface area contributed by atoms with Gasteiger partial charge in [0.15, 0.2) is 5.16 Å². The van der Waals surface area contributed by atoms with Gasteiger partial charge in [0.25, 0.3) is 5.56 Å². The normalized spacial score (nSPS) is 10.7. The van der Waals surface area contributed by atoms with Crippen LogP contribution in [0.5, 0.6) is 0 Å². The second-order valence-electron chi connectivity index (χ2n) is 6.25. The maximum absolute atomic E-state index is 13.0. The Morgan fingerprint density at radius 3 is 2.80 bits per heavy atom. The van der Waals surface area contributed by atoms with Crippen LogP contribution < -0.4 is 16.2 Å². The van der Waals surface area contributed by atoms with Crippen LogP contribution in [-0.4, -0.2) is 52.5 Å². The minimum absolute atomic E-state index is 0.0739. The molecule has 0 bridgehead atoms. The van der Waals surface area contributed by atoms with Crippen LogP contribution in [0.3, 0.4) is 0 Å². The van der Waals surface area contributed by atoms with Gasteiger partial charge in [-0.05, 0) is 23.8 Å². The first-order valence-corrected chi connectivity index (χ1v) is 10.1. The number of benzene rings is 1. The zero-order valence-corrected chi connectivity index (χ0v) is 17.1. The molecule has 2 N–H and O–H groups in total. The lowest BCUT2D eigenvalue weighted by atomic mass is 10.2. The fraction of sp³-hybridized carbons (Fsp3) is 0.250. The maximum atomic E-state index is 13.0. The first-order valence-electron chi connectivity index (χ1n) is 9.16. The number of amides is 3. The number of aromatic nitrogens is 3. The first kappa shape index (κ1) is 21.5. The highest BCUT2D eigenvalue weighted by atomic mass is 32.2. The van der Waals surface area contributed by atoms with Gasteiger partial charge in [-0.1, -0.05) is 30.0 Å². The topological polar surface area (TPSA) is 115 Å². The molecule has 0 aliphatic carbocycles. The number of ether oxygens (including phenoxy) is 1. The third kappa shape index (κ3) is 5.65. The summed E-state index contributed by atoms with van der Waals surface area (Å²) in [7, 11) is 1.52. The number of para-hydroxylation sites is 1. The summed E-state index contributed by atoms with van der Waals surface area (Å²) in [6.45, 7) is 0.906. The molecule has 3 rings (SSSR count). The smallest absolute Gasteiger partial charge is 0.321 e. The molecule has 2 aromatic heterocycles. The van der Waals surface area contributed by atoms with Gasteiger partial charge in [0.1, 0.15) is 0 Å². The highest BCUT2D eigenvalue weighted by molar-refractivity contribution is 7.99. The van der Waals surface area contributed by atoms with Gasteiger partial charge in [-0.3, -0.25) is 24.5 Å². The molecule has 156 valence electrons. The number of fused-ring (bicyclic) bond motifs is 1. The number of pyridine rings is 1. The Labute approximate surface area is 176 Å². The standard InChI is InChI=1S/C20H21N5O4S/c1-29-10-9-22-19(28)24-17(26)13-30-20-23-16-7-3-2-6-15(16)18(27)25(20)12-14-5-4-8-21-11-14/h2-8,11H,9-10,12-13H2,1H3,(H2,22,24,26,28). The highest BCUT2D eigenvalue weighted by Crippen LogP contribution is 2.18. The molecule has 0 radical (unpaired) electrons. The van der Waals surface area contributed by atoms with Crippen molar-refractivity contribution in [2.45, 2.75) is 11.7 Å². The molecule has 0 saturated heterocycles. The number of thioether (sulfide) groups is 1. The third-order valence-electron chi connectivity index (χ3n) is 4.07. The molecular weight excluding hydrogens is 406 g/mol. The number of carbonyl (C=O) groups is 2. The zero-order valence-electron chi connectivity index (χ0n) is 16.3. The largest absolute Gasteiger partial charge is 0.383 e. The summed E-state index contributed by atoms with van der Waals surface area (Å²) in [5, 5.41) is 5.63. The summed E-state index contributed by atoms with van der Waals surface area (Å²) < 4.78 is 6.34. The van der Waals surface area contributed by atoms with Crippen molar-refractivity contribution >= 4 is 34.6 Å². The predicted octanol–water partition coefficient (Wildman–Crippen LogP) is 1.40. The second-order valence-corrected chi connectivity index (χ2v) is 7.19. The molecule has 3 aromatic rings. The summed E-state index contributed by atoms with van der Waals surface area (Å²) in [5.41, 5.74) is 1.18. The number of hydrogen-bond acceptors (Lipinski definition) is 7. The van der Waals surface area contributed by atoms with Crippen molar-refractivity contribution in [3.05, 3.63) is 64.7 Å². The van der Waals surface area contributed by atoms with Gasteiger partial charge in [-0.25, -0.2) is 9.78 Å². The molecule has 0 aliphatic heterocycles. The van der Waals surface area contributed by atoms with Gasteiger partial charge in [0.2, 0.25) is 5.91 Å². The molecular formula is C20H21N5O4S. The molecule has 10 heteroatoms. The van der Waals surface area contributed by atoms with Crippen LogP contribution in [0.15, 0.2) is 58.7 Å². The van der Waals surface area contributed by atoms with Crippen LogP contribution in [0.2, 0.25) is 0 Å². The van der Waals surface area contributed by atoms with E-state index < -0.39 is 11.9 Å². The van der Waals surface area contributed by atoms with Crippen LogP contribution in [0.25, 0.3) is 10.9 Å². The lowest BCUT2D eigenvalue weighted by Crippen LogP contribution is -2.41. The number of nitrogens with zero attached hydrogens (tertiary/aromatic N) is 3. The lowest BCUT2D eigenvalue weighted by Gasteiger charge is -2.13. The fourth-order valence-electron chi connectivity index (χ4n) is 2.68. The zero-order chi connectivity index (χ0) is 21.3. The van der Waals surface area contributed by atoms with Crippen LogP contribution >= 0.6 is 11.8 Å². The number of hydrogen-bond donors (Lipinski definition) is 2. The Balaban J connectivity index is 1.78. The average molecular weight is 427 g/mol. The maximum Gasteiger partial charge on any atom is 0.321 e. The van der Waals surface area contributed by atoms with Gasteiger partial charge in [0, 0.05) is 26.0 Å². The minimum atomic E-state index is -0.600. The summed E-state index contributed by atoms with van der Waals surface area (Å²) in [5.74, 6) is -0.569. The van der Waals surface area contributed by atoms with E-state index in [0.717, 1.165) is 17.3 Å². The number of carbonyl (C=O) groups excluding carboxylic acids is 2. The highest BCUT2D eigenvalue weighted by Gasteiger charge is 2.15. The number of imide groups is 1. The van der Waals surface area contributed by atoms with E-state index in [4.69, 9.17) is 4.74 Å². The van der Waals surface area contributed by atoms with Crippen molar-refractivity contribution in [3.63, 3.8) is 0 Å². The van der Waals surface area contributed by atoms with Crippen LogP contribution in [-0.2, 0) is 16.1 Å². The van der Waals surface area contributed by atoms with E-state index >= 15 is 0 Å². The predicted molar refractivity (Wildman–Crippen MR) is 113 cm³/mol. The van der Waals surface area contributed by atoms with E-state index in [1.165, 1.54) is 11.7 Å². The van der Waals surface area contributed by atoms with Gasteiger partial charge in [-0.15, -0.1) is 0 Å². The molecule has 2 heterocycles. The van der Waals surface area contributed by atoms with Gasteiger partial charge < -0.3 is 10.1 Å². The van der Waals surface area contributed by atoms with Crippen molar-refractivity contribution in [2.75, 3.05) is 26.0 Å². The minimum Gasteiger partial charge on any atom is -0.383 e. The van der Waals surface area contributed by atoms with Crippen molar-refractivity contribution in [1.82, 2.24) is 25.2 Å². The van der Waals surface area contributed by atoms with Crippen LogP contribution in [0.1, 0.15) is 5.56 Å². The Bertz CT molecular complexity index is 1090. The van der Waals surface area contributed by atoms with Gasteiger partial charge in [-0.2, -0.15) is 0 Å². The van der Waals surface area contributed by atoms with E-state index in [0.29, 0.717) is 29.2 Å². The molecule has 0 unspecified atom stereocenters. The van der Waals surface area contributed by atoms with Crippen LogP contribution in [0, 0.1) is 0 Å².